The lowest BCUT2D eigenvalue weighted by Gasteiger charge is -2.34. The van der Waals surface area contributed by atoms with E-state index in [1.807, 2.05) is 6.07 Å². The van der Waals surface area contributed by atoms with Crippen LogP contribution in [0.4, 0.5) is 10.1 Å². The van der Waals surface area contributed by atoms with E-state index < -0.39 is 0 Å². The van der Waals surface area contributed by atoms with Gasteiger partial charge in [-0.05, 0) is 43.9 Å². The quantitative estimate of drug-likeness (QED) is 0.686. The maximum Gasteiger partial charge on any atom is 0.261 e. The highest BCUT2D eigenvalue weighted by atomic mass is 35.5. The van der Waals surface area contributed by atoms with E-state index in [1.165, 1.54) is 18.2 Å². The summed E-state index contributed by atoms with van der Waals surface area (Å²) in [7, 11) is 0. The van der Waals surface area contributed by atoms with Crippen molar-refractivity contribution in [1.29, 1.82) is 0 Å². The van der Waals surface area contributed by atoms with Crippen molar-refractivity contribution in [2.75, 3.05) is 18.0 Å². The van der Waals surface area contributed by atoms with E-state index >= 15 is 0 Å². The summed E-state index contributed by atoms with van der Waals surface area (Å²) in [5.41, 5.74) is 1.32. The average Bonchev–Trinajstić information content (AvgIpc) is 2.66. The van der Waals surface area contributed by atoms with Gasteiger partial charge in [0, 0.05) is 38.1 Å². The molecule has 140 valence electrons. The Labute approximate surface area is 161 Å². The number of anilines is 1. The number of aromatic nitrogens is 3. The molecule has 4 rings (SSSR count). The number of benzene rings is 1. The lowest BCUT2D eigenvalue weighted by molar-refractivity contribution is 0.349. The first-order valence-electron chi connectivity index (χ1n) is 9.04. The van der Waals surface area contributed by atoms with Gasteiger partial charge < -0.3 is 4.90 Å². The lowest BCUT2D eigenvalue weighted by Crippen LogP contribution is -2.37. The zero-order valence-electron chi connectivity index (χ0n) is 15.0. The van der Waals surface area contributed by atoms with E-state index in [2.05, 4.69) is 14.9 Å². The maximum atomic E-state index is 13.4. The number of aryl methyl sites for hydroxylation is 1. The van der Waals surface area contributed by atoms with Crippen LogP contribution in [0.1, 0.15) is 18.7 Å². The van der Waals surface area contributed by atoms with Gasteiger partial charge in [-0.3, -0.25) is 14.3 Å². The highest BCUT2D eigenvalue weighted by Crippen LogP contribution is 2.29. The molecule has 0 radical (unpaired) electrons. The first-order chi connectivity index (χ1) is 13.0. The Morgan fingerprint density at radius 3 is 2.78 bits per heavy atom. The van der Waals surface area contributed by atoms with Crippen LogP contribution in [-0.2, 0) is 6.54 Å². The smallest absolute Gasteiger partial charge is 0.261 e. The van der Waals surface area contributed by atoms with E-state index in [4.69, 9.17) is 11.6 Å². The molecular weight excluding hydrogens is 367 g/mol. The predicted octanol–water partition coefficient (Wildman–Crippen LogP) is 3.81. The Morgan fingerprint density at radius 2 is 2.04 bits per heavy atom. The minimum absolute atomic E-state index is 0.0999. The number of hydrogen-bond acceptors (Lipinski definition) is 4. The molecule has 0 atom stereocenters. The van der Waals surface area contributed by atoms with E-state index in [0.29, 0.717) is 34.2 Å². The Balaban J connectivity index is 1.52. The maximum absolute atomic E-state index is 13.4. The molecule has 0 unspecified atom stereocenters. The number of halogens is 2. The van der Waals surface area contributed by atoms with Crippen molar-refractivity contribution in [3.8, 4) is 0 Å². The number of piperidine rings is 1. The summed E-state index contributed by atoms with van der Waals surface area (Å²) in [6, 6.07) is 6.07. The van der Waals surface area contributed by atoms with Crippen molar-refractivity contribution >= 4 is 28.2 Å². The third-order valence-electron chi connectivity index (χ3n) is 5.26. The molecule has 27 heavy (non-hydrogen) atoms. The molecule has 0 spiro atoms. The topological polar surface area (TPSA) is 51.0 Å². The number of fused-ring (bicyclic) bond motifs is 1. The molecule has 1 aromatic carbocycles. The Hall–Kier alpha value is -2.47. The summed E-state index contributed by atoms with van der Waals surface area (Å²) in [4.78, 5) is 23.6. The Morgan fingerprint density at radius 1 is 1.26 bits per heavy atom. The molecule has 3 heterocycles. The van der Waals surface area contributed by atoms with Crippen LogP contribution in [0.5, 0.6) is 0 Å². The molecule has 0 N–H and O–H groups in total. The van der Waals surface area contributed by atoms with Crippen molar-refractivity contribution < 1.29 is 4.39 Å². The van der Waals surface area contributed by atoms with E-state index in [1.54, 1.807) is 23.9 Å². The van der Waals surface area contributed by atoms with Gasteiger partial charge in [-0.25, -0.2) is 9.37 Å². The van der Waals surface area contributed by atoms with Crippen LogP contribution in [0.2, 0.25) is 5.02 Å². The average molecular weight is 387 g/mol. The Bertz CT molecular complexity index is 1040. The molecule has 0 amide bonds. The summed E-state index contributed by atoms with van der Waals surface area (Å²) >= 11 is 6.25. The standard InChI is InChI=1S/C20H20ClFN4O/c1-13-24-18-10-15(22)2-3-16(18)20(27)26(13)12-14-5-8-25(9-6-14)19-4-7-23-11-17(19)21/h2-4,7,10-11,14H,5-6,8-9,12H2,1H3. The van der Waals surface area contributed by atoms with Crippen LogP contribution in [0.25, 0.3) is 10.9 Å². The van der Waals surface area contributed by atoms with Crippen molar-refractivity contribution in [3.05, 3.63) is 63.7 Å². The Kier molecular flexibility index (Phi) is 4.83. The molecule has 1 aliphatic heterocycles. The number of rotatable bonds is 3. The fraction of sp³-hybridized carbons (Fsp3) is 0.350. The monoisotopic (exact) mass is 386 g/mol. The third-order valence-corrected chi connectivity index (χ3v) is 5.55. The van der Waals surface area contributed by atoms with Crippen LogP contribution in [0.15, 0.2) is 41.5 Å². The van der Waals surface area contributed by atoms with Crippen molar-refractivity contribution in [2.24, 2.45) is 5.92 Å². The number of hydrogen-bond donors (Lipinski definition) is 0. The fourth-order valence-electron chi connectivity index (χ4n) is 3.76. The van der Waals surface area contributed by atoms with E-state index in [9.17, 15) is 9.18 Å². The molecule has 1 aliphatic rings. The second-order valence-electron chi connectivity index (χ2n) is 6.99. The normalized spacial score (nSPS) is 15.4. The van der Waals surface area contributed by atoms with Crippen LogP contribution >= 0.6 is 11.6 Å². The SMILES string of the molecule is Cc1nc2cc(F)ccc2c(=O)n1CC1CCN(c2ccncc2Cl)CC1. The molecule has 0 bridgehead atoms. The fourth-order valence-corrected chi connectivity index (χ4v) is 4.00. The summed E-state index contributed by atoms with van der Waals surface area (Å²) in [6.45, 7) is 4.20. The van der Waals surface area contributed by atoms with Crippen LogP contribution < -0.4 is 10.5 Å². The molecule has 1 saturated heterocycles. The number of pyridine rings is 1. The highest BCUT2D eigenvalue weighted by molar-refractivity contribution is 6.33. The summed E-state index contributed by atoms with van der Waals surface area (Å²) in [5, 5.41) is 1.12. The third kappa shape index (κ3) is 3.54. The highest BCUT2D eigenvalue weighted by Gasteiger charge is 2.22. The minimum Gasteiger partial charge on any atom is -0.370 e. The van der Waals surface area contributed by atoms with Gasteiger partial charge in [-0.1, -0.05) is 11.6 Å². The van der Waals surface area contributed by atoms with Gasteiger partial charge >= 0.3 is 0 Å². The zero-order valence-corrected chi connectivity index (χ0v) is 15.8. The molecular formula is C20H20ClFN4O. The lowest BCUT2D eigenvalue weighted by atomic mass is 9.96. The largest absolute Gasteiger partial charge is 0.370 e. The van der Waals surface area contributed by atoms with Crippen LogP contribution in [0.3, 0.4) is 0 Å². The van der Waals surface area contributed by atoms with Gasteiger partial charge in [-0.15, -0.1) is 0 Å². The zero-order chi connectivity index (χ0) is 19.0. The van der Waals surface area contributed by atoms with Crippen LogP contribution in [0, 0.1) is 18.7 Å². The predicted molar refractivity (Wildman–Crippen MR) is 105 cm³/mol. The molecule has 3 aromatic rings. The summed E-state index contributed by atoms with van der Waals surface area (Å²) < 4.78 is 15.1. The minimum atomic E-state index is -0.381. The van der Waals surface area contributed by atoms with Crippen LogP contribution in [-0.4, -0.2) is 27.6 Å². The number of nitrogens with zero attached hydrogens (tertiary/aromatic N) is 4. The van der Waals surface area contributed by atoms with Gasteiger partial charge in [0.05, 0.1) is 21.6 Å². The summed E-state index contributed by atoms with van der Waals surface area (Å²) in [5.74, 6) is 0.629. The van der Waals surface area contributed by atoms with Gasteiger partial charge in [0.25, 0.3) is 5.56 Å². The first-order valence-corrected chi connectivity index (χ1v) is 9.42. The molecule has 7 heteroatoms. The van der Waals surface area contributed by atoms with Gasteiger partial charge in [0.2, 0.25) is 0 Å². The van der Waals surface area contributed by atoms with Crippen molar-refractivity contribution in [2.45, 2.75) is 26.3 Å². The molecule has 5 nitrogen and oxygen atoms in total. The van der Waals surface area contributed by atoms with E-state index in [0.717, 1.165) is 31.6 Å². The van der Waals surface area contributed by atoms with Crippen molar-refractivity contribution in [1.82, 2.24) is 14.5 Å². The van der Waals surface area contributed by atoms with E-state index in [-0.39, 0.29) is 11.4 Å². The van der Waals surface area contributed by atoms with Gasteiger partial charge in [0.1, 0.15) is 11.6 Å². The van der Waals surface area contributed by atoms with Gasteiger partial charge in [0.15, 0.2) is 0 Å². The second kappa shape index (κ2) is 7.27. The van der Waals surface area contributed by atoms with Crippen molar-refractivity contribution in [3.63, 3.8) is 0 Å². The molecule has 2 aromatic heterocycles. The molecule has 1 fully saturated rings. The summed E-state index contributed by atoms with van der Waals surface area (Å²) in [6.07, 6.45) is 5.34. The second-order valence-corrected chi connectivity index (χ2v) is 7.40. The van der Waals surface area contributed by atoms with Gasteiger partial charge in [-0.2, -0.15) is 0 Å². The molecule has 0 saturated carbocycles. The first kappa shape index (κ1) is 17.9. The molecule has 0 aliphatic carbocycles.